The van der Waals surface area contributed by atoms with E-state index >= 15 is 0 Å². The maximum Gasteiger partial charge on any atom is 0.191 e. The average molecular weight is 362 g/mol. The van der Waals surface area contributed by atoms with Crippen LogP contribution < -0.4 is 10.6 Å². The summed E-state index contributed by atoms with van der Waals surface area (Å²) in [5.74, 6) is 0.938. The van der Waals surface area contributed by atoms with Crippen molar-refractivity contribution < 1.29 is 8.42 Å². The quantitative estimate of drug-likeness (QED) is 0.360. The molecule has 0 radical (unpaired) electrons. The van der Waals surface area contributed by atoms with Crippen LogP contribution in [-0.2, 0) is 9.84 Å². The Morgan fingerprint density at radius 1 is 1.25 bits per heavy atom. The lowest BCUT2D eigenvalue weighted by Crippen LogP contribution is -2.43. The second-order valence-electron chi connectivity index (χ2n) is 6.81. The normalized spacial score (nSPS) is 19.8. The van der Waals surface area contributed by atoms with E-state index in [1.807, 2.05) is 6.92 Å². The highest BCUT2D eigenvalue weighted by Crippen LogP contribution is 2.01. The maximum atomic E-state index is 11.2. The zero-order chi connectivity index (χ0) is 18.0. The molecule has 0 amide bonds. The molecule has 0 aromatic heterocycles. The molecule has 8 heteroatoms. The molecule has 1 aliphatic heterocycles. The van der Waals surface area contributed by atoms with Gasteiger partial charge in [0.15, 0.2) is 5.96 Å². The van der Waals surface area contributed by atoms with Crippen LogP contribution in [0, 0.1) is 0 Å². The molecule has 1 rings (SSSR count). The van der Waals surface area contributed by atoms with Crippen molar-refractivity contribution in [3.63, 3.8) is 0 Å². The van der Waals surface area contributed by atoms with Gasteiger partial charge >= 0.3 is 0 Å². The van der Waals surface area contributed by atoms with Gasteiger partial charge in [-0.3, -0.25) is 4.99 Å². The van der Waals surface area contributed by atoms with Gasteiger partial charge in [0, 0.05) is 39.0 Å². The SMILES string of the molecule is CN=C(NCCCN1CCCN(C)CC1)NC(C)CCS(C)(=O)=O. The molecule has 7 nitrogen and oxygen atoms in total. The minimum atomic E-state index is -2.91. The van der Waals surface area contributed by atoms with Crippen molar-refractivity contribution in [1.82, 2.24) is 20.4 Å². The molecule has 2 N–H and O–H groups in total. The van der Waals surface area contributed by atoms with Gasteiger partial charge in [0.05, 0.1) is 5.75 Å². The van der Waals surface area contributed by atoms with Crippen molar-refractivity contribution in [2.45, 2.75) is 32.2 Å². The third kappa shape index (κ3) is 10.1. The Bertz CT molecular complexity index is 481. The van der Waals surface area contributed by atoms with Crippen LogP contribution in [0.2, 0.25) is 0 Å². The fraction of sp³-hybridized carbons (Fsp3) is 0.938. The molecule has 1 heterocycles. The zero-order valence-corrected chi connectivity index (χ0v) is 16.5. The van der Waals surface area contributed by atoms with Crippen molar-refractivity contribution in [1.29, 1.82) is 0 Å². The number of likely N-dealkylation sites (N-methyl/N-ethyl adjacent to an activating group) is 1. The van der Waals surface area contributed by atoms with Crippen LogP contribution in [0.3, 0.4) is 0 Å². The van der Waals surface area contributed by atoms with Gasteiger partial charge in [-0.2, -0.15) is 0 Å². The third-order valence-electron chi connectivity index (χ3n) is 4.28. The topological polar surface area (TPSA) is 77.0 Å². The van der Waals surface area contributed by atoms with Crippen molar-refractivity contribution in [2.75, 3.05) is 65.4 Å². The van der Waals surface area contributed by atoms with E-state index in [2.05, 4.69) is 32.5 Å². The molecule has 0 bridgehead atoms. The number of hydrogen-bond donors (Lipinski definition) is 2. The van der Waals surface area contributed by atoms with E-state index in [1.165, 1.54) is 25.8 Å². The predicted octanol–water partition coefficient (Wildman–Crippen LogP) is 0.00220. The lowest BCUT2D eigenvalue weighted by Gasteiger charge is -2.21. The smallest absolute Gasteiger partial charge is 0.191 e. The second-order valence-corrected chi connectivity index (χ2v) is 9.07. The lowest BCUT2D eigenvalue weighted by molar-refractivity contribution is 0.274. The summed E-state index contributed by atoms with van der Waals surface area (Å²) in [5.41, 5.74) is 0. The highest BCUT2D eigenvalue weighted by atomic mass is 32.2. The van der Waals surface area contributed by atoms with Crippen LogP contribution in [-0.4, -0.2) is 95.6 Å². The summed E-state index contributed by atoms with van der Waals surface area (Å²) in [6.45, 7) is 8.61. The summed E-state index contributed by atoms with van der Waals surface area (Å²) in [4.78, 5) is 9.12. The summed E-state index contributed by atoms with van der Waals surface area (Å²) >= 11 is 0. The van der Waals surface area contributed by atoms with Gasteiger partial charge in [0.25, 0.3) is 0 Å². The van der Waals surface area contributed by atoms with E-state index in [0.29, 0.717) is 6.42 Å². The first-order chi connectivity index (χ1) is 11.3. The van der Waals surface area contributed by atoms with Crippen LogP contribution in [0.5, 0.6) is 0 Å². The fourth-order valence-electron chi connectivity index (χ4n) is 2.72. The van der Waals surface area contributed by atoms with E-state index in [-0.39, 0.29) is 11.8 Å². The first-order valence-electron chi connectivity index (χ1n) is 8.86. The molecular formula is C16H35N5O2S. The number of rotatable bonds is 8. The molecule has 1 fully saturated rings. The fourth-order valence-corrected chi connectivity index (χ4v) is 3.51. The van der Waals surface area contributed by atoms with E-state index in [1.54, 1.807) is 7.05 Å². The Morgan fingerprint density at radius 2 is 2.00 bits per heavy atom. The standard InChI is InChI=1S/C16H35N5O2S/c1-15(7-14-24(4,22)23)19-16(17-2)18-8-5-10-21-11-6-9-20(3)12-13-21/h15H,5-14H2,1-4H3,(H2,17,18,19). The van der Waals surface area contributed by atoms with Gasteiger partial charge < -0.3 is 20.4 Å². The van der Waals surface area contributed by atoms with Gasteiger partial charge in [-0.05, 0) is 52.9 Å². The van der Waals surface area contributed by atoms with Gasteiger partial charge in [-0.15, -0.1) is 0 Å². The first-order valence-corrected chi connectivity index (χ1v) is 10.9. The molecule has 24 heavy (non-hydrogen) atoms. The Labute approximate surface area is 147 Å². The number of nitrogens with zero attached hydrogens (tertiary/aromatic N) is 3. The molecule has 0 aromatic rings. The van der Waals surface area contributed by atoms with Crippen molar-refractivity contribution >= 4 is 15.8 Å². The summed E-state index contributed by atoms with van der Waals surface area (Å²) in [7, 11) is 1.01. The molecule has 1 aliphatic rings. The monoisotopic (exact) mass is 361 g/mol. The first kappa shape index (κ1) is 21.2. The minimum Gasteiger partial charge on any atom is -0.356 e. The number of sulfone groups is 1. The van der Waals surface area contributed by atoms with Crippen molar-refractivity contribution in [2.24, 2.45) is 4.99 Å². The van der Waals surface area contributed by atoms with Crippen molar-refractivity contribution in [3.8, 4) is 0 Å². The van der Waals surface area contributed by atoms with Crippen LogP contribution in [0.15, 0.2) is 4.99 Å². The Balaban J connectivity index is 2.19. The highest BCUT2D eigenvalue weighted by Gasteiger charge is 2.12. The van der Waals surface area contributed by atoms with Gasteiger partial charge in [-0.1, -0.05) is 0 Å². The van der Waals surface area contributed by atoms with E-state index in [0.717, 1.165) is 38.6 Å². The van der Waals surface area contributed by atoms with Crippen molar-refractivity contribution in [3.05, 3.63) is 0 Å². The Kier molecular flexibility index (Phi) is 9.61. The molecule has 142 valence electrons. The molecule has 1 unspecified atom stereocenters. The number of guanidine groups is 1. The average Bonchev–Trinajstić information content (AvgIpc) is 2.72. The lowest BCUT2D eigenvalue weighted by atomic mass is 10.3. The van der Waals surface area contributed by atoms with E-state index < -0.39 is 9.84 Å². The maximum absolute atomic E-state index is 11.2. The zero-order valence-electron chi connectivity index (χ0n) is 15.7. The molecular weight excluding hydrogens is 326 g/mol. The van der Waals surface area contributed by atoms with Crippen LogP contribution in [0.25, 0.3) is 0 Å². The number of aliphatic imine (C=N–C) groups is 1. The Morgan fingerprint density at radius 3 is 2.67 bits per heavy atom. The number of nitrogens with one attached hydrogen (secondary N) is 2. The highest BCUT2D eigenvalue weighted by molar-refractivity contribution is 7.90. The largest absolute Gasteiger partial charge is 0.356 e. The summed E-state index contributed by atoms with van der Waals surface area (Å²) < 4.78 is 22.4. The molecule has 0 saturated carbocycles. The Hall–Kier alpha value is -0.860. The minimum absolute atomic E-state index is 0.0760. The third-order valence-corrected chi connectivity index (χ3v) is 5.26. The molecule has 1 saturated heterocycles. The molecule has 0 aliphatic carbocycles. The van der Waals surface area contributed by atoms with E-state index in [9.17, 15) is 8.42 Å². The molecule has 0 spiro atoms. The van der Waals surface area contributed by atoms with Crippen LogP contribution in [0.1, 0.15) is 26.2 Å². The van der Waals surface area contributed by atoms with Crippen LogP contribution in [0.4, 0.5) is 0 Å². The molecule has 0 aromatic carbocycles. The summed E-state index contributed by atoms with van der Waals surface area (Å²) in [5, 5.41) is 6.56. The second kappa shape index (κ2) is 10.9. The predicted molar refractivity (Wildman–Crippen MR) is 101 cm³/mol. The summed E-state index contributed by atoms with van der Waals surface area (Å²) in [6.07, 6.45) is 4.17. The van der Waals surface area contributed by atoms with Gasteiger partial charge in [0.2, 0.25) is 0 Å². The van der Waals surface area contributed by atoms with Gasteiger partial charge in [-0.25, -0.2) is 8.42 Å². The number of hydrogen-bond acceptors (Lipinski definition) is 5. The molecule has 1 atom stereocenters. The van der Waals surface area contributed by atoms with Gasteiger partial charge in [0.1, 0.15) is 9.84 Å². The van der Waals surface area contributed by atoms with Crippen LogP contribution >= 0.6 is 0 Å². The summed E-state index contributed by atoms with van der Waals surface area (Å²) in [6, 6.07) is 0.0760. The van der Waals surface area contributed by atoms with E-state index in [4.69, 9.17) is 0 Å².